The van der Waals surface area contributed by atoms with E-state index in [0.29, 0.717) is 0 Å². The van der Waals surface area contributed by atoms with Crippen LogP contribution in [0.5, 0.6) is 0 Å². The molecule has 25 heteroatoms. The maximum absolute atomic E-state index is 11.7. The Morgan fingerprint density at radius 2 is 0.548 bits per heavy atom. The van der Waals surface area contributed by atoms with E-state index in [1.807, 2.05) is 0 Å². The van der Waals surface area contributed by atoms with Crippen LogP contribution in [0.3, 0.4) is 0 Å². The number of hydrogen-bond acceptors (Lipinski definition) is 25. The molecule has 0 aromatic rings. The highest BCUT2D eigenvalue weighted by atomic mass is 16.8. The summed E-state index contributed by atoms with van der Waals surface area (Å²) in [5.41, 5.74) is 31.4. The molecule has 0 radical (unpaired) electrons. The van der Waals surface area contributed by atoms with Gasteiger partial charge in [-0.2, -0.15) is 0 Å². The fourth-order valence-corrected chi connectivity index (χ4v) is 8.50. The maximum Gasteiger partial charge on any atom is 0.187 e. The Morgan fingerprint density at radius 3 is 0.823 bits per heavy atom. The highest BCUT2D eigenvalue weighted by Gasteiger charge is 2.56. The van der Waals surface area contributed by atoms with Gasteiger partial charge in [0.05, 0.1) is 66.8 Å². The van der Waals surface area contributed by atoms with Crippen LogP contribution < -0.4 is 28.7 Å². The molecule has 6 aliphatic rings. The van der Waals surface area contributed by atoms with E-state index < -0.39 is 184 Å². The first-order valence-electron chi connectivity index (χ1n) is 21.0. The van der Waals surface area contributed by atoms with Crippen LogP contribution in [0.1, 0.15) is 41.5 Å². The number of aliphatic hydroxyl groups excluding tert-OH is 8. The third-order valence-corrected chi connectivity index (χ3v) is 13.0. The standard InChI is InChI=1S/C37H69N5O20/c1-8-14(38)20(44)27(51-7)33(53-8)59-29-22(46)16(40)10(3)55-35(29)61-31-24(48)18(42)12(5)57-37(31)62-30-23(47)17(41)11(4)56-36(30)60-28-21(45)15(39)9(2)54-34(28)58-26-25(49)19(43)13(6)52-32(26)50/h8-37,43-50H,38-42H2,1-7H3/t8-,9-,10-,11-,12-,13-,14-,15-,16-,17-,18-,19-,20+,21+,22+,23+,24+,25+,26+,27+,28+,29+,30+,31+,32+,33-,34-,35-,36-,37-/m1/s1. The van der Waals surface area contributed by atoms with Crippen LogP contribution in [0.15, 0.2) is 0 Å². The normalized spacial score (nSPS) is 56.7. The van der Waals surface area contributed by atoms with Gasteiger partial charge in [0.15, 0.2) is 37.7 Å². The Labute approximate surface area is 358 Å². The smallest absolute Gasteiger partial charge is 0.187 e. The van der Waals surface area contributed by atoms with Gasteiger partial charge in [-0.25, -0.2) is 0 Å². The van der Waals surface area contributed by atoms with E-state index in [2.05, 4.69) is 0 Å². The molecular formula is C37H69N5O20. The van der Waals surface area contributed by atoms with E-state index in [1.165, 1.54) is 14.0 Å². The lowest BCUT2D eigenvalue weighted by molar-refractivity contribution is -0.399. The molecule has 6 heterocycles. The molecule has 6 saturated heterocycles. The summed E-state index contributed by atoms with van der Waals surface area (Å²) in [6.45, 7) is 9.29. The summed E-state index contributed by atoms with van der Waals surface area (Å²) >= 11 is 0. The predicted molar refractivity (Wildman–Crippen MR) is 205 cm³/mol. The highest BCUT2D eigenvalue weighted by Crippen LogP contribution is 2.37. The van der Waals surface area contributed by atoms with Gasteiger partial charge in [-0.3, -0.25) is 0 Å². The van der Waals surface area contributed by atoms with Crippen molar-refractivity contribution in [2.45, 2.75) is 225 Å². The van der Waals surface area contributed by atoms with Crippen LogP contribution in [0.25, 0.3) is 0 Å². The second-order valence-electron chi connectivity index (χ2n) is 17.3. The van der Waals surface area contributed by atoms with Crippen molar-refractivity contribution in [1.82, 2.24) is 0 Å². The van der Waals surface area contributed by atoms with Gasteiger partial charge >= 0.3 is 0 Å². The van der Waals surface area contributed by atoms with Crippen molar-refractivity contribution >= 4 is 0 Å². The molecule has 18 N–H and O–H groups in total. The Kier molecular flexibility index (Phi) is 16.6. The number of rotatable bonds is 11. The van der Waals surface area contributed by atoms with Crippen LogP contribution >= 0.6 is 0 Å². The van der Waals surface area contributed by atoms with E-state index in [9.17, 15) is 40.9 Å². The van der Waals surface area contributed by atoms with E-state index in [0.717, 1.165) is 0 Å². The maximum atomic E-state index is 11.7. The molecule has 0 aromatic carbocycles. The van der Waals surface area contributed by atoms with Gasteiger partial charge in [0.2, 0.25) is 0 Å². The molecule has 0 spiro atoms. The molecule has 0 amide bonds. The molecule has 25 nitrogen and oxygen atoms in total. The first-order chi connectivity index (χ1) is 29.1. The lowest BCUT2D eigenvalue weighted by Crippen LogP contribution is -2.70. The van der Waals surface area contributed by atoms with E-state index in [-0.39, 0.29) is 0 Å². The van der Waals surface area contributed by atoms with Crippen molar-refractivity contribution in [3.05, 3.63) is 0 Å². The van der Waals surface area contributed by atoms with Crippen LogP contribution in [0, 0.1) is 0 Å². The molecule has 6 aliphatic heterocycles. The zero-order valence-corrected chi connectivity index (χ0v) is 35.7. The number of methoxy groups -OCH3 is 1. The molecule has 30 atom stereocenters. The number of hydrogen-bond donors (Lipinski definition) is 13. The van der Waals surface area contributed by atoms with Crippen LogP contribution in [0.4, 0.5) is 0 Å². The molecule has 0 saturated carbocycles. The van der Waals surface area contributed by atoms with E-state index >= 15 is 0 Å². The summed E-state index contributed by atoms with van der Waals surface area (Å²) in [6, 6.07) is -5.11. The molecule has 0 unspecified atom stereocenters. The molecule has 6 fully saturated rings. The minimum atomic E-state index is -1.74. The van der Waals surface area contributed by atoms with E-state index in [1.54, 1.807) is 34.6 Å². The molecule has 62 heavy (non-hydrogen) atoms. The SMILES string of the molecule is CO[C@@H]1[C@@H](O[C@@H]2[C@@H](O[C@@H]3[C@@H](O[C@@H]4[C@@H](O[C@@H]5[C@@H](O[C@H]6[C@@H](O)[C@H](O)[C@@H](C)O[C@@H]6O)O[C@H](C)[C@@H](N)[C@@H]5O)O[C@H](C)[C@@H](N)[C@@H]4O)O[C@H](C)[C@@H](N)[C@@H]3O)O[C@H](C)[C@@H](N)[C@@H]2O)O[C@H](C)[C@@H](N)[C@@H]1O. The van der Waals surface area contributed by atoms with Gasteiger partial charge < -0.3 is 126 Å². The Morgan fingerprint density at radius 1 is 0.306 bits per heavy atom. The first-order valence-corrected chi connectivity index (χ1v) is 21.0. The zero-order valence-electron chi connectivity index (χ0n) is 35.7. The van der Waals surface area contributed by atoms with Gasteiger partial charge in [0, 0.05) is 7.11 Å². The van der Waals surface area contributed by atoms with Crippen molar-refractivity contribution in [1.29, 1.82) is 0 Å². The average Bonchev–Trinajstić information content (AvgIpc) is 3.22. The van der Waals surface area contributed by atoms with Gasteiger partial charge in [-0.1, -0.05) is 0 Å². The van der Waals surface area contributed by atoms with Crippen LogP contribution in [-0.4, -0.2) is 232 Å². The van der Waals surface area contributed by atoms with Crippen LogP contribution in [-0.2, 0) is 56.8 Å². The van der Waals surface area contributed by atoms with E-state index in [4.69, 9.17) is 85.5 Å². The summed E-state index contributed by atoms with van der Waals surface area (Å²) < 4.78 is 72.1. The topological polar surface area (TPSA) is 403 Å². The van der Waals surface area contributed by atoms with Crippen molar-refractivity contribution in [3.63, 3.8) is 0 Å². The molecule has 362 valence electrons. The second-order valence-corrected chi connectivity index (χ2v) is 17.3. The summed E-state index contributed by atoms with van der Waals surface area (Å²) in [5.74, 6) is 0. The third kappa shape index (κ3) is 9.98. The number of ether oxygens (including phenoxy) is 12. The van der Waals surface area contributed by atoms with Gasteiger partial charge in [-0.15, -0.1) is 0 Å². The van der Waals surface area contributed by atoms with Crippen molar-refractivity contribution < 1.29 is 97.7 Å². The molecular weight excluding hydrogens is 834 g/mol. The molecule has 0 aliphatic carbocycles. The van der Waals surface area contributed by atoms with Crippen molar-refractivity contribution in [2.75, 3.05) is 7.11 Å². The Balaban J connectivity index is 1.27. The Hall–Kier alpha value is -1.00. The summed E-state index contributed by atoms with van der Waals surface area (Å²) in [5, 5.41) is 89.1. The Bertz CT molecular complexity index is 1440. The van der Waals surface area contributed by atoms with Gasteiger partial charge in [-0.05, 0) is 41.5 Å². The predicted octanol–water partition coefficient (Wildman–Crippen LogP) is -7.45. The fourth-order valence-electron chi connectivity index (χ4n) is 8.50. The summed E-state index contributed by atoms with van der Waals surface area (Å²) in [6.07, 6.45) is -34.1. The summed E-state index contributed by atoms with van der Waals surface area (Å²) in [7, 11) is 1.31. The number of nitrogens with two attached hydrogens (primary N) is 5. The monoisotopic (exact) mass is 903 g/mol. The highest BCUT2D eigenvalue weighted by molar-refractivity contribution is 5.00. The van der Waals surface area contributed by atoms with Crippen LogP contribution in [0.2, 0.25) is 0 Å². The summed E-state index contributed by atoms with van der Waals surface area (Å²) in [4.78, 5) is 0. The van der Waals surface area contributed by atoms with Gasteiger partial charge in [0.1, 0.15) is 79.4 Å². The quantitative estimate of drug-likeness (QED) is 0.0916. The van der Waals surface area contributed by atoms with Gasteiger partial charge in [0.25, 0.3) is 0 Å². The minimum absolute atomic E-state index is 0.715. The second kappa shape index (κ2) is 20.5. The fraction of sp³-hybridized carbons (Fsp3) is 1.00. The first kappa shape index (κ1) is 50.4. The molecule has 0 bridgehead atoms. The van der Waals surface area contributed by atoms with Crippen molar-refractivity contribution in [3.8, 4) is 0 Å². The lowest BCUT2D eigenvalue weighted by Gasteiger charge is -2.51. The minimum Gasteiger partial charge on any atom is -0.388 e. The molecule has 0 aromatic heterocycles. The average molecular weight is 904 g/mol. The third-order valence-electron chi connectivity index (χ3n) is 13.0. The lowest BCUT2D eigenvalue weighted by atomic mass is 9.94. The number of aliphatic hydroxyl groups is 8. The zero-order chi connectivity index (χ0) is 45.8. The molecule has 6 rings (SSSR count). The largest absolute Gasteiger partial charge is 0.388 e. The van der Waals surface area contributed by atoms with Crippen molar-refractivity contribution in [2.24, 2.45) is 28.7 Å².